The van der Waals surface area contributed by atoms with Crippen LogP contribution >= 0.6 is 0 Å². The molecule has 0 fully saturated rings. The van der Waals surface area contributed by atoms with E-state index in [1.54, 1.807) is 0 Å². The third-order valence-corrected chi connectivity index (χ3v) is 5.97. The fraction of sp³-hybridized carbons (Fsp3) is 0.593. The van der Waals surface area contributed by atoms with Gasteiger partial charge in [-0.05, 0) is 64.5 Å². The third-order valence-electron chi connectivity index (χ3n) is 5.97. The highest BCUT2D eigenvalue weighted by Crippen LogP contribution is 2.30. The zero-order valence-electron chi connectivity index (χ0n) is 22.2. The molecule has 0 aliphatic heterocycles. The number of ether oxygens (including phenoxy) is 2. The highest BCUT2D eigenvalue weighted by molar-refractivity contribution is 6.06. The molecule has 3 rings (SSSR count). The van der Waals surface area contributed by atoms with Crippen molar-refractivity contribution in [2.45, 2.75) is 79.1 Å². The Bertz CT molecular complexity index is 1130. The van der Waals surface area contributed by atoms with Gasteiger partial charge < -0.3 is 30.4 Å². The van der Waals surface area contributed by atoms with Crippen LogP contribution in [0.1, 0.15) is 64.8 Å². The van der Waals surface area contributed by atoms with E-state index >= 15 is 0 Å². The fourth-order valence-electron chi connectivity index (χ4n) is 4.20. The van der Waals surface area contributed by atoms with Crippen LogP contribution in [0, 0.1) is 0 Å². The van der Waals surface area contributed by atoms with Crippen LogP contribution < -0.4 is 16.4 Å². The van der Waals surface area contributed by atoms with Crippen LogP contribution in [0.2, 0.25) is 0 Å². The lowest BCUT2D eigenvalue weighted by molar-refractivity contribution is 0.0742. The van der Waals surface area contributed by atoms with E-state index in [1.807, 2.05) is 27.7 Å². The zero-order chi connectivity index (χ0) is 25.9. The van der Waals surface area contributed by atoms with Gasteiger partial charge in [0.25, 0.3) is 0 Å². The van der Waals surface area contributed by atoms with Crippen LogP contribution in [0.5, 0.6) is 0 Å². The number of urea groups is 1. The van der Waals surface area contributed by atoms with E-state index in [2.05, 4.69) is 38.4 Å². The van der Waals surface area contributed by atoms with Crippen molar-refractivity contribution >= 4 is 33.8 Å². The number of nitrogens with two attached hydrogens (primary N) is 1. The summed E-state index contributed by atoms with van der Waals surface area (Å²) < 4.78 is 13.7. The molecule has 0 bridgehead atoms. The van der Waals surface area contributed by atoms with Gasteiger partial charge in [0.05, 0.1) is 17.1 Å². The largest absolute Gasteiger partial charge is 0.382 e. The number of aromatic nitrogens is 3. The number of pyridine rings is 1. The number of nitrogen functional groups attached to an aromatic ring is 1. The van der Waals surface area contributed by atoms with Gasteiger partial charge >= 0.3 is 6.03 Å². The summed E-state index contributed by atoms with van der Waals surface area (Å²) in [5.41, 5.74) is 10.2. The standard InChI is InChI=1S/C27H42N6O3/c1-5-13-29-27(34)30-14-8-7-10-20-11-12-21-22(17-20)31-26(28)24-25(21)33(15-9-16-36-19(3)4)23(32-24)18-35-6-2/h11-12,17,19H,5-10,13-16,18H2,1-4H3,(H2,28,31)(H2,29,30,34). The normalized spacial score (nSPS) is 11.6. The second-order valence-corrected chi connectivity index (χ2v) is 9.28. The van der Waals surface area contributed by atoms with E-state index < -0.39 is 0 Å². The third kappa shape index (κ3) is 7.54. The number of carbonyl (C=O) groups excluding carboxylic acids is 1. The number of unbranched alkanes of at least 4 members (excludes halogenated alkanes) is 1. The van der Waals surface area contributed by atoms with Gasteiger partial charge in [-0.2, -0.15) is 0 Å². The molecule has 0 radical (unpaired) electrons. The maximum atomic E-state index is 11.7. The summed E-state index contributed by atoms with van der Waals surface area (Å²) in [5, 5.41) is 6.77. The number of fused-ring (bicyclic) bond motifs is 3. The van der Waals surface area contributed by atoms with Gasteiger partial charge in [0.2, 0.25) is 0 Å². The van der Waals surface area contributed by atoms with E-state index in [-0.39, 0.29) is 12.1 Å². The van der Waals surface area contributed by atoms with Crippen molar-refractivity contribution in [2.75, 3.05) is 32.0 Å². The number of rotatable bonds is 15. The van der Waals surface area contributed by atoms with E-state index in [0.717, 1.165) is 66.4 Å². The lowest BCUT2D eigenvalue weighted by Gasteiger charge is -2.13. The second kappa shape index (κ2) is 14.0. The van der Waals surface area contributed by atoms with E-state index in [9.17, 15) is 4.79 Å². The Morgan fingerprint density at radius 1 is 1.11 bits per heavy atom. The number of amides is 2. The summed E-state index contributed by atoms with van der Waals surface area (Å²) in [4.78, 5) is 21.2. The Kier molecular flexibility index (Phi) is 10.8. The SMILES string of the molecule is CCCNC(=O)NCCCCc1ccc2c(c1)nc(N)c1nc(COCC)n(CCCOC(C)C)c12. The van der Waals surface area contributed by atoms with Gasteiger partial charge in [-0.3, -0.25) is 0 Å². The monoisotopic (exact) mass is 498 g/mol. The number of benzene rings is 1. The Balaban J connectivity index is 1.76. The number of anilines is 1. The lowest BCUT2D eigenvalue weighted by Crippen LogP contribution is -2.36. The van der Waals surface area contributed by atoms with Gasteiger partial charge in [0.15, 0.2) is 5.82 Å². The molecule has 0 unspecified atom stereocenters. The topological polar surface area (TPSA) is 116 Å². The van der Waals surface area contributed by atoms with Gasteiger partial charge in [-0.15, -0.1) is 0 Å². The molecule has 0 saturated heterocycles. The van der Waals surface area contributed by atoms with Crippen LogP contribution in [-0.2, 0) is 29.0 Å². The van der Waals surface area contributed by atoms with Gasteiger partial charge in [-0.25, -0.2) is 14.8 Å². The summed E-state index contributed by atoms with van der Waals surface area (Å²) in [5.74, 6) is 1.30. The molecule has 2 aromatic heterocycles. The summed E-state index contributed by atoms with van der Waals surface area (Å²) in [6.45, 7) is 12.0. The minimum absolute atomic E-state index is 0.0951. The van der Waals surface area contributed by atoms with E-state index in [4.69, 9.17) is 20.2 Å². The average Bonchev–Trinajstić information content (AvgIpc) is 3.22. The first-order valence-corrected chi connectivity index (χ1v) is 13.2. The molecule has 3 aromatic rings. The second-order valence-electron chi connectivity index (χ2n) is 9.28. The Labute approximate surface area is 214 Å². The van der Waals surface area contributed by atoms with Gasteiger partial charge in [0.1, 0.15) is 17.9 Å². The maximum absolute atomic E-state index is 11.7. The molecule has 1 aromatic carbocycles. The molecule has 2 amide bonds. The highest BCUT2D eigenvalue weighted by Gasteiger charge is 2.17. The molecule has 0 aliphatic rings. The number of carbonyl (C=O) groups is 1. The van der Waals surface area contributed by atoms with Crippen LogP contribution in [-0.4, -0.2) is 53.0 Å². The molecular weight excluding hydrogens is 456 g/mol. The van der Waals surface area contributed by atoms with Crippen molar-refractivity contribution < 1.29 is 14.3 Å². The van der Waals surface area contributed by atoms with Crippen molar-refractivity contribution in [3.05, 3.63) is 29.6 Å². The number of nitrogens with zero attached hydrogens (tertiary/aromatic N) is 3. The highest BCUT2D eigenvalue weighted by atomic mass is 16.5. The van der Waals surface area contributed by atoms with E-state index in [1.165, 1.54) is 5.56 Å². The molecule has 2 heterocycles. The molecule has 36 heavy (non-hydrogen) atoms. The molecule has 4 N–H and O–H groups in total. The molecule has 0 spiro atoms. The van der Waals surface area contributed by atoms with Crippen molar-refractivity contribution in [2.24, 2.45) is 0 Å². The van der Waals surface area contributed by atoms with Crippen LogP contribution in [0.4, 0.5) is 10.6 Å². The van der Waals surface area contributed by atoms with Crippen molar-refractivity contribution in [3.63, 3.8) is 0 Å². The molecule has 0 atom stereocenters. The van der Waals surface area contributed by atoms with Crippen molar-refractivity contribution in [1.82, 2.24) is 25.2 Å². The fourth-order valence-corrected chi connectivity index (χ4v) is 4.20. The minimum atomic E-state index is -0.0951. The summed E-state index contributed by atoms with van der Waals surface area (Å²) in [6.07, 6.45) is 4.81. The smallest absolute Gasteiger partial charge is 0.314 e. The summed E-state index contributed by atoms with van der Waals surface area (Å²) in [7, 11) is 0. The Hall–Kier alpha value is -2.91. The number of hydrogen-bond acceptors (Lipinski definition) is 6. The Morgan fingerprint density at radius 2 is 1.92 bits per heavy atom. The predicted molar refractivity (Wildman–Crippen MR) is 145 cm³/mol. The number of imidazole rings is 1. The molecule has 198 valence electrons. The minimum Gasteiger partial charge on any atom is -0.382 e. The average molecular weight is 499 g/mol. The quantitative estimate of drug-likeness (QED) is 0.265. The molecule has 9 heteroatoms. The number of nitrogens with one attached hydrogen (secondary N) is 2. The first kappa shape index (κ1) is 27.7. The molecule has 0 aliphatic carbocycles. The van der Waals surface area contributed by atoms with E-state index in [0.29, 0.717) is 38.7 Å². The summed E-state index contributed by atoms with van der Waals surface area (Å²) >= 11 is 0. The predicted octanol–water partition coefficient (Wildman–Crippen LogP) is 4.55. The van der Waals surface area contributed by atoms with Crippen LogP contribution in [0.15, 0.2) is 18.2 Å². The summed E-state index contributed by atoms with van der Waals surface area (Å²) in [6, 6.07) is 6.31. The number of hydrogen-bond donors (Lipinski definition) is 3. The van der Waals surface area contributed by atoms with Gasteiger partial charge in [0, 0.05) is 38.2 Å². The molecular formula is C27H42N6O3. The maximum Gasteiger partial charge on any atom is 0.314 e. The van der Waals surface area contributed by atoms with Crippen LogP contribution in [0.25, 0.3) is 21.9 Å². The molecule has 9 nitrogen and oxygen atoms in total. The Morgan fingerprint density at radius 3 is 2.67 bits per heavy atom. The van der Waals surface area contributed by atoms with Crippen molar-refractivity contribution in [1.29, 1.82) is 0 Å². The van der Waals surface area contributed by atoms with Gasteiger partial charge in [-0.1, -0.05) is 19.1 Å². The number of aryl methyl sites for hydroxylation is 2. The first-order valence-electron chi connectivity index (χ1n) is 13.2. The first-order chi connectivity index (χ1) is 17.4. The zero-order valence-corrected chi connectivity index (χ0v) is 22.2. The molecule has 0 saturated carbocycles. The van der Waals surface area contributed by atoms with Crippen LogP contribution in [0.3, 0.4) is 0 Å². The van der Waals surface area contributed by atoms with Crippen molar-refractivity contribution in [3.8, 4) is 0 Å². The lowest BCUT2D eigenvalue weighted by atomic mass is 10.0.